The molecule has 2 N–H and O–H groups in total. The van der Waals surface area contributed by atoms with Crippen molar-refractivity contribution in [3.8, 4) is 0 Å². The predicted molar refractivity (Wildman–Crippen MR) is 135 cm³/mol. The molecule has 0 saturated carbocycles. The number of para-hydroxylation sites is 1. The molecule has 1 heterocycles. The second-order valence-corrected chi connectivity index (χ2v) is 9.11. The molecule has 0 fully saturated rings. The van der Waals surface area contributed by atoms with E-state index in [0.717, 1.165) is 11.3 Å². The van der Waals surface area contributed by atoms with Crippen molar-refractivity contribution < 1.29 is 8.42 Å². The van der Waals surface area contributed by atoms with Gasteiger partial charge in [0.15, 0.2) is 5.11 Å². The Morgan fingerprint density at radius 1 is 0.818 bits per heavy atom. The minimum absolute atomic E-state index is 0.0142. The molecule has 0 aliphatic carbocycles. The van der Waals surface area contributed by atoms with Gasteiger partial charge in [-0.3, -0.25) is 0 Å². The molecular weight excluding hydrogens is 454 g/mol. The van der Waals surface area contributed by atoms with Crippen molar-refractivity contribution in [2.24, 2.45) is 0 Å². The van der Waals surface area contributed by atoms with Gasteiger partial charge in [0.05, 0.1) is 11.4 Å². The molecule has 0 atom stereocenters. The molecule has 0 spiro atoms. The van der Waals surface area contributed by atoms with E-state index in [2.05, 4.69) is 20.0 Å². The molecule has 166 valence electrons. The summed E-state index contributed by atoms with van der Waals surface area (Å²) >= 11 is 5.70. The van der Waals surface area contributed by atoms with E-state index in [0.29, 0.717) is 17.3 Å². The molecule has 33 heavy (non-hydrogen) atoms. The molecule has 9 heteroatoms. The predicted octanol–water partition coefficient (Wildman–Crippen LogP) is 4.68. The number of hydrogen-bond acceptors (Lipinski definition) is 5. The lowest BCUT2D eigenvalue weighted by Crippen LogP contribution is -2.34. The van der Waals surface area contributed by atoms with E-state index < -0.39 is 10.0 Å². The van der Waals surface area contributed by atoms with Crippen LogP contribution in [0.2, 0.25) is 0 Å². The number of anilines is 3. The van der Waals surface area contributed by atoms with Crippen LogP contribution in [0.15, 0.2) is 108 Å². The third-order valence-corrected chi connectivity index (χ3v) is 6.37. The van der Waals surface area contributed by atoms with Gasteiger partial charge in [-0.05, 0) is 60.2 Å². The fourth-order valence-corrected chi connectivity index (χ4v) is 4.34. The molecule has 0 bridgehead atoms. The first kappa shape index (κ1) is 22.4. The number of sulfonamides is 1. The zero-order valence-electron chi connectivity index (χ0n) is 17.5. The van der Waals surface area contributed by atoms with Gasteiger partial charge in [0.1, 0.15) is 0 Å². The summed E-state index contributed by atoms with van der Waals surface area (Å²) in [6.07, 6.45) is 2.93. The Bertz CT molecular complexity index is 1300. The van der Waals surface area contributed by atoms with E-state index in [9.17, 15) is 8.42 Å². The van der Waals surface area contributed by atoms with Gasteiger partial charge in [-0.1, -0.05) is 48.5 Å². The maximum Gasteiger partial charge on any atom is 0.264 e. The number of aromatic nitrogens is 2. The first-order chi connectivity index (χ1) is 16.0. The quantitative estimate of drug-likeness (QED) is 0.375. The fraction of sp³-hybridized carbons (Fsp3) is 0.0417. The van der Waals surface area contributed by atoms with Crippen LogP contribution in [0, 0.1) is 0 Å². The molecular formula is C24H21N5O2S2. The molecule has 1 aromatic heterocycles. The lowest BCUT2D eigenvalue weighted by atomic mass is 10.2. The minimum Gasteiger partial charge on any atom is -0.332 e. The molecule has 0 unspecified atom stereocenters. The van der Waals surface area contributed by atoms with E-state index in [-0.39, 0.29) is 10.8 Å². The average molecular weight is 476 g/mol. The van der Waals surface area contributed by atoms with Crippen LogP contribution in [0.4, 0.5) is 17.3 Å². The largest absolute Gasteiger partial charge is 0.332 e. The van der Waals surface area contributed by atoms with Crippen molar-refractivity contribution in [1.29, 1.82) is 0 Å². The number of rotatable bonds is 7. The third-order valence-electron chi connectivity index (χ3n) is 4.70. The van der Waals surface area contributed by atoms with Crippen LogP contribution in [0.1, 0.15) is 5.56 Å². The van der Waals surface area contributed by atoms with E-state index in [1.165, 1.54) is 24.5 Å². The zero-order chi connectivity index (χ0) is 23.1. The summed E-state index contributed by atoms with van der Waals surface area (Å²) in [5.74, 6) is 0.0142. The Labute approximate surface area is 198 Å². The van der Waals surface area contributed by atoms with Gasteiger partial charge in [0.25, 0.3) is 10.0 Å². The Kier molecular flexibility index (Phi) is 6.92. The fourth-order valence-electron chi connectivity index (χ4n) is 3.09. The average Bonchev–Trinajstić information content (AvgIpc) is 2.84. The molecule has 3 aromatic carbocycles. The standard InChI is InChI=1S/C24H21N5O2S2/c30-33(31,28-23-25-16-7-17-26-23)22-14-12-20(13-15-22)27-24(32)29(21-10-5-2-6-11-21)18-19-8-3-1-4-9-19/h1-17H,18H2,(H,27,32)(H,25,26,28). The number of nitrogens with one attached hydrogen (secondary N) is 2. The number of benzene rings is 3. The van der Waals surface area contributed by atoms with Crippen molar-refractivity contribution in [3.63, 3.8) is 0 Å². The minimum atomic E-state index is -3.80. The summed E-state index contributed by atoms with van der Waals surface area (Å²) in [5.41, 5.74) is 2.73. The van der Waals surface area contributed by atoms with Crippen LogP contribution in [-0.4, -0.2) is 23.5 Å². The van der Waals surface area contributed by atoms with Crippen LogP contribution in [0.3, 0.4) is 0 Å². The summed E-state index contributed by atoms with van der Waals surface area (Å²) in [6.45, 7) is 0.587. The van der Waals surface area contributed by atoms with Crippen LogP contribution >= 0.6 is 12.2 Å². The van der Waals surface area contributed by atoms with Crippen molar-refractivity contribution in [1.82, 2.24) is 9.97 Å². The summed E-state index contributed by atoms with van der Waals surface area (Å²) < 4.78 is 27.5. The number of nitrogens with zero attached hydrogens (tertiary/aromatic N) is 3. The second kappa shape index (κ2) is 10.2. The van der Waals surface area contributed by atoms with Gasteiger partial charge in [0, 0.05) is 23.8 Å². The van der Waals surface area contributed by atoms with Gasteiger partial charge >= 0.3 is 0 Å². The lowest BCUT2D eigenvalue weighted by Gasteiger charge is -2.26. The highest BCUT2D eigenvalue weighted by Gasteiger charge is 2.17. The zero-order valence-corrected chi connectivity index (χ0v) is 19.1. The highest BCUT2D eigenvalue weighted by Crippen LogP contribution is 2.21. The van der Waals surface area contributed by atoms with E-state index in [1.54, 1.807) is 18.2 Å². The molecule has 0 aliphatic rings. The van der Waals surface area contributed by atoms with Gasteiger partial charge in [-0.15, -0.1) is 0 Å². The smallest absolute Gasteiger partial charge is 0.264 e. The SMILES string of the molecule is O=S(=O)(Nc1ncccn1)c1ccc(NC(=S)N(Cc2ccccc2)c2ccccc2)cc1. The molecule has 0 radical (unpaired) electrons. The van der Waals surface area contributed by atoms with Gasteiger partial charge in [-0.2, -0.15) is 0 Å². The topological polar surface area (TPSA) is 87.2 Å². The molecule has 0 amide bonds. The highest BCUT2D eigenvalue weighted by atomic mass is 32.2. The lowest BCUT2D eigenvalue weighted by molar-refractivity contribution is 0.601. The van der Waals surface area contributed by atoms with Gasteiger partial charge < -0.3 is 10.2 Å². The maximum absolute atomic E-state index is 12.6. The molecule has 4 aromatic rings. The first-order valence-electron chi connectivity index (χ1n) is 10.1. The molecule has 0 aliphatic heterocycles. The summed E-state index contributed by atoms with van der Waals surface area (Å²) in [6, 6.07) is 27.8. The van der Waals surface area contributed by atoms with Crippen molar-refractivity contribution >= 4 is 44.7 Å². The second-order valence-electron chi connectivity index (χ2n) is 7.04. The first-order valence-corrected chi connectivity index (χ1v) is 12.0. The molecule has 4 rings (SSSR count). The Morgan fingerprint density at radius 3 is 2.06 bits per heavy atom. The molecule has 0 saturated heterocycles. The Hall–Kier alpha value is -3.82. The summed E-state index contributed by atoms with van der Waals surface area (Å²) in [5, 5.41) is 3.70. The Balaban J connectivity index is 1.50. The van der Waals surface area contributed by atoms with E-state index in [1.807, 2.05) is 65.6 Å². The van der Waals surface area contributed by atoms with Gasteiger partial charge in [-0.25, -0.2) is 23.1 Å². The van der Waals surface area contributed by atoms with Crippen molar-refractivity contribution in [2.45, 2.75) is 11.4 Å². The number of thiocarbonyl (C=S) groups is 1. The number of hydrogen-bond donors (Lipinski definition) is 2. The third kappa shape index (κ3) is 5.91. The summed E-state index contributed by atoms with van der Waals surface area (Å²) in [4.78, 5) is 9.87. The van der Waals surface area contributed by atoms with Crippen LogP contribution < -0.4 is 14.9 Å². The van der Waals surface area contributed by atoms with Crippen molar-refractivity contribution in [2.75, 3.05) is 14.9 Å². The van der Waals surface area contributed by atoms with Crippen molar-refractivity contribution in [3.05, 3.63) is 109 Å². The van der Waals surface area contributed by atoms with E-state index in [4.69, 9.17) is 12.2 Å². The van der Waals surface area contributed by atoms with Crippen LogP contribution in [-0.2, 0) is 16.6 Å². The highest BCUT2D eigenvalue weighted by molar-refractivity contribution is 7.92. The molecule has 7 nitrogen and oxygen atoms in total. The maximum atomic E-state index is 12.6. The van der Waals surface area contributed by atoms with Crippen LogP contribution in [0.25, 0.3) is 0 Å². The van der Waals surface area contributed by atoms with Gasteiger partial charge in [0.2, 0.25) is 5.95 Å². The normalized spacial score (nSPS) is 10.9. The summed E-state index contributed by atoms with van der Waals surface area (Å²) in [7, 11) is -3.80. The van der Waals surface area contributed by atoms with E-state index >= 15 is 0 Å². The van der Waals surface area contributed by atoms with Crippen LogP contribution in [0.5, 0.6) is 0 Å². The Morgan fingerprint density at radius 2 is 1.42 bits per heavy atom. The monoisotopic (exact) mass is 475 g/mol.